The van der Waals surface area contributed by atoms with E-state index < -0.39 is 83.8 Å². The second-order valence-corrected chi connectivity index (χ2v) is 16.5. The van der Waals surface area contributed by atoms with Gasteiger partial charge in [0, 0.05) is 62.2 Å². The molecule has 1 aliphatic carbocycles. The fraction of sp³-hybridized carbons (Fsp3) is 0.636. The minimum Gasteiger partial charge on any atom is -0.510 e. The van der Waals surface area contributed by atoms with E-state index >= 15 is 0 Å². The first-order chi connectivity index (χ1) is 27.1. The van der Waals surface area contributed by atoms with Gasteiger partial charge in [0.25, 0.3) is 0 Å². The number of hydrogen-bond acceptors (Lipinski definition) is 13. The molecular weight excluding hydrogens is 750 g/mol. The van der Waals surface area contributed by atoms with Gasteiger partial charge >= 0.3 is 11.9 Å². The predicted octanol–water partition coefficient (Wildman–Crippen LogP) is 5.05. The standard InChI is InChI=1S/C44H65NO13/c1-23(2)41-28(7)35(56-37(49)18-17-36(48)45-38-31(46)15-16-32(38)47)22-44(53,58-41)30(9)40(51)29(8)42-33(54-10)14-12-13-24(3)19-26(5)39(50)27(6)20-25(4)21-34(55-11)43(52)57-42/h12-14,17-18,20-21,23,26-30,33,35,39-42,46,50-51,53H,15-16,19,22H2,1-11H3,(H,45,48)/b14-12+,18-17+,24-13-,25-20+,34-21-/t26-,27+,28-,29-,30-,33-,35+,39-,40+,41+,42+,44+/m0/s1. The van der Waals surface area contributed by atoms with Gasteiger partial charge in [-0.1, -0.05) is 83.9 Å². The molecular formula is C44H65NO13. The number of nitrogens with one attached hydrogen (secondary N) is 1. The third-order valence-corrected chi connectivity index (χ3v) is 11.5. The molecule has 0 aromatic heterocycles. The lowest BCUT2D eigenvalue weighted by atomic mass is 9.76. The van der Waals surface area contributed by atoms with Crippen molar-refractivity contribution in [3.63, 3.8) is 0 Å². The van der Waals surface area contributed by atoms with Crippen molar-refractivity contribution in [3.05, 3.63) is 70.9 Å². The molecule has 3 rings (SSSR count). The molecule has 1 saturated heterocycles. The SMILES string of the molecule is CO/C1=C\C(C)=C\[C@@H](C)[C@@H](O)[C@@H](C)C/C(C)=C\C=C\[C@H](OC)[C@@H]([C@@H](C)[C@@H](O)[C@H](C)[C@@]2(O)C[C@@H](OC(=O)/C=C/C(=O)NC3=C(O)CCC3=O)[C@H](C)[C@@H](C(C)C)O2)OC1=O. The van der Waals surface area contributed by atoms with Crippen molar-refractivity contribution in [1.82, 2.24) is 5.32 Å². The van der Waals surface area contributed by atoms with Crippen LogP contribution in [0.1, 0.15) is 88.0 Å². The molecule has 0 unspecified atom stereocenters. The van der Waals surface area contributed by atoms with Crippen LogP contribution in [0.4, 0.5) is 0 Å². The summed E-state index contributed by atoms with van der Waals surface area (Å²) in [5.41, 5.74) is 1.48. The normalized spacial score (nSPS) is 35.5. The lowest BCUT2D eigenvalue weighted by Crippen LogP contribution is -2.59. The number of carbonyl (C=O) groups excluding carboxylic acids is 4. The first kappa shape index (κ1) is 48.3. The van der Waals surface area contributed by atoms with E-state index in [4.69, 9.17) is 23.7 Å². The number of cyclic esters (lactones) is 1. The molecule has 0 saturated carbocycles. The van der Waals surface area contributed by atoms with Gasteiger partial charge in [-0.15, -0.1) is 0 Å². The lowest BCUT2D eigenvalue weighted by molar-refractivity contribution is -0.329. The largest absolute Gasteiger partial charge is 0.510 e. The van der Waals surface area contributed by atoms with Crippen LogP contribution in [0, 0.1) is 35.5 Å². The summed E-state index contributed by atoms with van der Waals surface area (Å²) in [4.78, 5) is 51.1. The molecule has 14 nitrogen and oxygen atoms in total. The van der Waals surface area contributed by atoms with E-state index in [1.54, 1.807) is 32.9 Å². The van der Waals surface area contributed by atoms with E-state index in [-0.39, 0.29) is 54.2 Å². The summed E-state index contributed by atoms with van der Waals surface area (Å²) in [5, 5.41) is 47.4. The number of rotatable bonds is 11. The summed E-state index contributed by atoms with van der Waals surface area (Å²) in [7, 11) is 2.79. The van der Waals surface area contributed by atoms with Crippen molar-refractivity contribution in [3.8, 4) is 0 Å². The van der Waals surface area contributed by atoms with E-state index in [1.807, 2.05) is 53.7 Å². The average molecular weight is 816 g/mol. The maximum atomic E-state index is 13.7. The van der Waals surface area contributed by atoms with Crippen molar-refractivity contribution >= 4 is 23.6 Å². The van der Waals surface area contributed by atoms with Gasteiger partial charge in [-0.05, 0) is 38.2 Å². The van der Waals surface area contributed by atoms with Crippen LogP contribution in [0.25, 0.3) is 0 Å². The smallest absolute Gasteiger partial charge is 0.373 e. The minimum absolute atomic E-state index is 0.0594. The second kappa shape index (κ2) is 21.3. The van der Waals surface area contributed by atoms with E-state index in [2.05, 4.69) is 5.32 Å². The van der Waals surface area contributed by atoms with Crippen LogP contribution in [0.15, 0.2) is 70.9 Å². The molecule has 0 aromatic carbocycles. The Morgan fingerprint density at radius 3 is 2.29 bits per heavy atom. The molecule has 0 bridgehead atoms. The first-order valence-electron chi connectivity index (χ1n) is 20.1. The van der Waals surface area contributed by atoms with Gasteiger partial charge in [-0.3, -0.25) is 9.59 Å². The Kier molecular flexibility index (Phi) is 17.7. The zero-order valence-corrected chi connectivity index (χ0v) is 35.8. The first-order valence-corrected chi connectivity index (χ1v) is 20.1. The molecule has 1 amide bonds. The number of ether oxygens (including phenoxy) is 5. The molecule has 0 aromatic rings. The highest BCUT2D eigenvalue weighted by Crippen LogP contribution is 2.42. The molecule has 12 atom stereocenters. The molecule has 5 N–H and O–H groups in total. The summed E-state index contributed by atoms with van der Waals surface area (Å²) in [6, 6.07) is 0. The van der Waals surface area contributed by atoms with Crippen LogP contribution >= 0.6 is 0 Å². The number of hydrogen-bond donors (Lipinski definition) is 5. The molecule has 324 valence electrons. The number of allylic oxidation sites excluding steroid dienone is 7. The quantitative estimate of drug-likeness (QED) is 0.137. The lowest BCUT2D eigenvalue weighted by Gasteiger charge is -2.50. The topological polar surface area (TPSA) is 207 Å². The Labute approximate surface area is 342 Å². The third-order valence-electron chi connectivity index (χ3n) is 11.5. The molecule has 58 heavy (non-hydrogen) atoms. The number of aliphatic hydroxyl groups excluding tert-OH is 3. The maximum Gasteiger partial charge on any atom is 0.373 e. The number of esters is 2. The number of amides is 1. The van der Waals surface area contributed by atoms with Gasteiger partial charge in [0.05, 0.1) is 25.4 Å². The molecule has 3 aliphatic rings. The third kappa shape index (κ3) is 12.5. The summed E-state index contributed by atoms with van der Waals surface area (Å²) in [6.45, 7) is 16.5. The Bertz CT molecular complexity index is 1670. The van der Waals surface area contributed by atoms with Crippen LogP contribution < -0.4 is 5.32 Å². The van der Waals surface area contributed by atoms with Gasteiger partial charge in [0.1, 0.15) is 29.8 Å². The van der Waals surface area contributed by atoms with Crippen molar-refractivity contribution < 1.29 is 63.3 Å². The number of ketones is 1. The number of methoxy groups -OCH3 is 2. The highest BCUT2D eigenvalue weighted by atomic mass is 16.6. The highest BCUT2D eigenvalue weighted by Gasteiger charge is 2.53. The van der Waals surface area contributed by atoms with Crippen LogP contribution in [0.2, 0.25) is 0 Å². The fourth-order valence-electron chi connectivity index (χ4n) is 7.95. The van der Waals surface area contributed by atoms with E-state index in [9.17, 15) is 39.6 Å². The fourth-order valence-corrected chi connectivity index (χ4v) is 7.95. The Morgan fingerprint density at radius 2 is 1.71 bits per heavy atom. The number of aliphatic hydroxyl groups is 4. The Morgan fingerprint density at radius 1 is 1.03 bits per heavy atom. The van der Waals surface area contributed by atoms with Gasteiger partial charge in [-0.2, -0.15) is 0 Å². The number of carbonyl (C=O) groups is 4. The highest BCUT2D eigenvalue weighted by molar-refractivity contribution is 6.04. The molecule has 0 spiro atoms. The van der Waals surface area contributed by atoms with E-state index in [0.717, 1.165) is 17.7 Å². The minimum atomic E-state index is -2.04. The zero-order chi connectivity index (χ0) is 43.6. The van der Waals surface area contributed by atoms with E-state index in [1.165, 1.54) is 20.3 Å². The molecule has 14 heteroatoms. The molecule has 0 radical (unpaired) electrons. The number of Topliss-reactive ketones (excluding diaryl/α,β-unsaturated/α-hetero) is 1. The molecule has 1 fully saturated rings. The summed E-state index contributed by atoms with van der Waals surface area (Å²) >= 11 is 0. The predicted molar refractivity (Wildman–Crippen MR) is 215 cm³/mol. The van der Waals surface area contributed by atoms with Gasteiger partial charge in [0.15, 0.2) is 11.6 Å². The van der Waals surface area contributed by atoms with Crippen LogP contribution in [-0.4, -0.2) is 101 Å². The monoisotopic (exact) mass is 815 g/mol. The van der Waals surface area contributed by atoms with Gasteiger partial charge in [0.2, 0.25) is 11.7 Å². The van der Waals surface area contributed by atoms with Crippen molar-refractivity contribution in [2.24, 2.45) is 35.5 Å². The van der Waals surface area contributed by atoms with Crippen LogP contribution in [-0.2, 0) is 42.9 Å². The molecule has 2 heterocycles. The van der Waals surface area contributed by atoms with Crippen molar-refractivity contribution in [1.29, 1.82) is 0 Å². The summed E-state index contributed by atoms with van der Waals surface area (Å²) < 4.78 is 29.5. The van der Waals surface area contributed by atoms with Crippen molar-refractivity contribution in [2.45, 2.75) is 130 Å². The maximum absolute atomic E-state index is 13.7. The average Bonchev–Trinajstić information content (AvgIpc) is 3.48. The Balaban J connectivity index is 1.92. The zero-order valence-electron chi connectivity index (χ0n) is 35.8. The van der Waals surface area contributed by atoms with Crippen LogP contribution in [0.3, 0.4) is 0 Å². The second-order valence-electron chi connectivity index (χ2n) is 16.5. The molecule has 2 aliphatic heterocycles. The van der Waals surface area contributed by atoms with Gasteiger partial charge < -0.3 is 49.4 Å². The summed E-state index contributed by atoms with van der Waals surface area (Å²) in [6.07, 6.45) is 5.61. The van der Waals surface area contributed by atoms with E-state index in [0.29, 0.717) is 12.0 Å². The van der Waals surface area contributed by atoms with Gasteiger partial charge in [-0.25, -0.2) is 9.59 Å². The Hall–Kier alpha value is -4.08. The summed E-state index contributed by atoms with van der Waals surface area (Å²) in [5.74, 6) is -8.07. The van der Waals surface area contributed by atoms with Crippen molar-refractivity contribution in [2.75, 3.05) is 14.2 Å². The van der Waals surface area contributed by atoms with Crippen LogP contribution in [0.5, 0.6) is 0 Å².